The van der Waals surface area contributed by atoms with Crippen LogP contribution in [0.3, 0.4) is 0 Å². The van der Waals surface area contributed by atoms with E-state index in [-0.39, 0.29) is 0 Å². The van der Waals surface area contributed by atoms with Crippen LogP contribution in [0.2, 0.25) is 0 Å². The third-order valence-electron chi connectivity index (χ3n) is 2.25. The monoisotopic (exact) mass is 291 g/mol. The van der Waals surface area contributed by atoms with Gasteiger partial charge in [0.15, 0.2) is 0 Å². The molecule has 0 amide bonds. The van der Waals surface area contributed by atoms with Gasteiger partial charge >= 0.3 is 0 Å². The molecule has 1 aromatic rings. The highest BCUT2D eigenvalue weighted by molar-refractivity contribution is 9.10. The van der Waals surface area contributed by atoms with Crippen molar-refractivity contribution in [2.24, 2.45) is 7.05 Å². The molecule has 1 atom stereocenters. The molecule has 1 N–H and O–H groups in total. The van der Waals surface area contributed by atoms with Crippen molar-refractivity contribution in [3.05, 3.63) is 16.4 Å². The molecule has 15 heavy (non-hydrogen) atoms. The third-order valence-corrected chi connectivity index (χ3v) is 4.13. The van der Waals surface area contributed by atoms with Crippen molar-refractivity contribution < 1.29 is 0 Å². The van der Waals surface area contributed by atoms with Gasteiger partial charge in [0.05, 0.1) is 22.4 Å². The fourth-order valence-corrected chi connectivity index (χ4v) is 3.10. The number of nitrogens with zero attached hydrogens (tertiary/aromatic N) is 2. The van der Waals surface area contributed by atoms with Crippen molar-refractivity contribution in [3.63, 3.8) is 0 Å². The van der Waals surface area contributed by atoms with Gasteiger partial charge in [0.2, 0.25) is 0 Å². The smallest absolute Gasteiger partial charge is 0.0700 e. The van der Waals surface area contributed by atoms with E-state index in [1.54, 1.807) is 0 Å². The zero-order chi connectivity index (χ0) is 11.3. The Bertz CT molecular complexity index is 281. The second-order valence-electron chi connectivity index (χ2n) is 3.42. The Kier molecular flexibility index (Phi) is 5.71. The van der Waals surface area contributed by atoms with Crippen LogP contribution in [-0.2, 0) is 7.05 Å². The lowest BCUT2D eigenvalue weighted by atomic mass is 10.2. The van der Waals surface area contributed by atoms with Gasteiger partial charge in [0, 0.05) is 12.8 Å². The van der Waals surface area contributed by atoms with E-state index in [1.165, 1.54) is 17.9 Å². The fourth-order valence-electron chi connectivity index (χ4n) is 1.46. The minimum absolute atomic E-state index is 0.364. The molecule has 86 valence electrons. The number of nitrogens with one attached hydrogen (secondary N) is 1. The van der Waals surface area contributed by atoms with Gasteiger partial charge in [-0.05, 0) is 35.2 Å². The lowest BCUT2D eigenvalue weighted by Gasteiger charge is -2.16. The van der Waals surface area contributed by atoms with Crippen LogP contribution in [0.4, 0.5) is 0 Å². The van der Waals surface area contributed by atoms with Crippen LogP contribution in [-0.4, -0.2) is 28.3 Å². The molecule has 0 bridgehead atoms. The number of aryl methyl sites for hydroxylation is 1. The van der Waals surface area contributed by atoms with Crippen molar-refractivity contribution in [1.29, 1.82) is 0 Å². The molecule has 1 unspecified atom stereocenters. The summed E-state index contributed by atoms with van der Waals surface area (Å²) in [6.07, 6.45) is 3.08. The molecule has 0 aromatic carbocycles. The van der Waals surface area contributed by atoms with Crippen LogP contribution in [0, 0.1) is 0 Å². The molecule has 0 saturated heterocycles. The predicted molar refractivity (Wildman–Crippen MR) is 70.3 cm³/mol. The van der Waals surface area contributed by atoms with E-state index < -0.39 is 0 Å². The van der Waals surface area contributed by atoms with Crippen LogP contribution in [0.5, 0.6) is 0 Å². The summed E-state index contributed by atoms with van der Waals surface area (Å²) < 4.78 is 3.01. The van der Waals surface area contributed by atoms with Gasteiger partial charge in [-0.25, -0.2) is 0 Å². The Morgan fingerprint density at radius 1 is 1.67 bits per heavy atom. The summed E-state index contributed by atoms with van der Waals surface area (Å²) in [4.78, 5) is 0. The Morgan fingerprint density at radius 3 is 2.87 bits per heavy atom. The number of halogens is 1. The highest BCUT2D eigenvalue weighted by Crippen LogP contribution is 2.25. The maximum atomic E-state index is 4.23. The molecule has 1 heterocycles. The van der Waals surface area contributed by atoms with E-state index in [0.717, 1.165) is 10.2 Å². The number of hydrogen-bond acceptors (Lipinski definition) is 3. The standard InChI is InChI=1S/C10H18BrN3S/c1-4-5-15-7-9(12-2)10-8(11)6-13-14(10)3/h6,9,12H,4-5,7H2,1-3H3. The van der Waals surface area contributed by atoms with Crippen molar-refractivity contribution in [2.75, 3.05) is 18.6 Å². The Hall–Kier alpha value is 0. The van der Waals surface area contributed by atoms with E-state index >= 15 is 0 Å². The summed E-state index contributed by atoms with van der Waals surface area (Å²) in [5, 5.41) is 7.57. The Morgan fingerprint density at radius 2 is 2.40 bits per heavy atom. The summed E-state index contributed by atoms with van der Waals surface area (Å²) in [6, 6.07) is 0.364. The minimum Gasteiger partial charge on any atom is -0.311 e. The molecule has 0 radical (unpaired) electrons. The SMILES string of the molecule is CCCSCC(NC)c1c(Br)cnn1C. The van der Waals surface area contributed by atoms with Crippen molar-refractivity contribution in [3.8, 4) is 0 Å². The van der Waals surface area contributed by atoms with Gasteiger partial charge < -0.3 is 5.32 Å². The van der Waals surface area contributed by atoms with Gasteiger partial charge in [0.25, 0.3) is 0 Å². The molecule has 0 aliphatic rings. The number of rotatable bonds is 6. The van der Waals surface area contributed by atoms with Crippen LogP contribution in [0.15, 0.2) is 10.7 Å². The lowest BCUT2D eigenvalue weighted by molar-refractivity contribution is 0.583. The van der Waals surface area contributed by atoms with E-state index in [1.807, 2.05) is 36.7 Å². The maximum Gasteiger partial charge on any atom is 0.0700 e. The van der Waals surface area contributed by atoms with E-state index in [2.05, 4.69) is 33.3 Å². The molecule has 0 aliphatic carbocycles. The highest BCUT2D eigenvalue weighted by Gasteiger charge is 2.16. The second-order valence-corrected chi connectivity index (χ2v) is 5.42. The van der Waals surface area contributed by atoms with Crippen molar-refractivity contribution in [2.45, 2.75) is 19.4 Å². The van der Waals surface area contributed by atoms with Crippen LogP contribution in [0.1, 0.15) is 25.1 Å². The van der Waals surface area contributed by atoms with Crippen LogP contribution >= 0.6 is 27.7 Å². The average molecular weight is 292 g/mol. The summed E-state index contributed by atoms with van der Waals surface area (Å²) in [7, 11) is 3.98. The topological polar surface area (TPSA) is 29.9 Å². The Labute approximate surface area is 104 Å². The number of thioether (sulfide) groups is 1. The minimum atomic E-state index is 0.364. The molecule has 0 fully saturated rings. The molecule has 0 spiro atoms. The molecule has 5 heteroatoms. The summed E-state index contributed by atoms with van der Waals surface area (Å²) in [5.41, 5.74) is 1.22. The second kappa shape index (κ2) is 6.55. The summed E-state index contributed by atoms with van der Waals surface area (Å²) in [6.45, 7) is 2.21. The summed E-state index contributed by atoms with van der Waals surface area (Å²) in [5.74, 6) is 2.30. The highest BCUT2D eigenvalue weighted by atomic mass is 79.9. The maximum absolute atomic E-state index is 4.23. The Balaban J connectivity index is 2.65. The normalized spacial score (nSPS) is 13.1. The van der Waals surface area contributed by atoms with Gasteiger partial charge in [-0.3, -0.25) is 4.68 Å². The third kappa shape index (κ3) is 3.50. The molecular formula is C10H18BrN3S. The van der Waals surface area contributed by atoms with Crippen molar-refractivity contribution in [1.82, 2.24) is 15.1 Å². The molecule has 1 rings (SSSR count). The van der Waals surface area contributed by atoms with E-state index in [0.29, 0.717) is 6.04 Å². The molecule has 3 nitrogen and oxygen atoms in total. The quantitative estimate of drug-likeness (QED) is 0.817. The first-order valence-corrected chi connectivity index (χ1v) is 7.07. The summed E-state index contributed by atoms with van der Waals surface area (Å²) >= 11 is 5.51. The van der Waals surface area contributed by atoms with E-state index in [4.69, 9.17) is 0 Å². The average Bonchev–Trinajstić information content (AvgIpc) is 2.55. The van der Waals surface area contributed by atoms with E-state index in [9.17, 15) is 0 Å². The van der Waals surface area contributed by atoms with Crippen molar-refractivity contribution >= 4 is 27.7 Å². The zero-order valence-electron chi connectivity index (χ0n) is 9.46. The molecule has 0 saturated carbocycles. The van der Waals surface area contributed by atoms with Gasteiger partial charge in [-0.1, -0.05) is 6.92 Å². The van der Waals surface area contributed by atoms with Crippen LogP contribution < -0.4 is 5.32 Å². The first-order chi connectivity index (χ1) is 7.20. The largest absolute Gasteiger partial charge is 0.311 e. The molecular weight excluding hydrogens is 274 g/mol. The first-order valence-electron chi connectivity index (χ1n) is 5.13. The number of aromatic nitrogens is 2. The van der Waals surface area contributed by atoms with Crippen LogP contribution in [0.25, 0.3) is 0 Å². The lowest BCUT2D eigenvalue weighted by Crippen LogP contribution is -2.22. The molecule has 0 aliphatic heterocycles. The molecule has 1 aromatic heterocycles. The number of hydrogen-bond donors (Lipinski definition) is 1. The zero-order valence-corrected chi connectivity index (χ0v) is 11.9. The van der Waals surface area contributed by atoms with Gasteiger partial charge in [0.1, 0.15) is 0 Å². The van der Waals surface area contributed by atoms with Gasteiger partial charge in [-0.15, -0.1) is 0 Å². The fraction of sp³-hybridized carbons (Fsp3) is 0.700. The first kappa shape index (κ1) is 13.1. The van der Waals surface area contributed by atoms with Gasteiger partial charge in [-0.2, -0.15) is 16.9 Å². The predicted octanol–water partition coefficient (Wildman–Crippen LogP) is 2.59.